The van der Waals surface area contributed by atoms with E-state index in [0.29, 0.717) is 6.61 Å². The topological polar surface area (TPSA) is 64.6 Å². The summed E-state index contributed by atoms with van der Waals surface area (Å²) in [6.07, 6.45) is 5.03. The third-order valence-corrected chi connectivity index (χ3v) is 5.79. The van der Waals surface area contributed by atoms with Gasteiger partial charge < -0.3 is 14.8 Å². The zero-order valence-corrected chi connectivity index (χ0v) is 18.6. The number of alkyl carbamates (subject to hydrolysis) is 1. The van der Waals surface area contributed by atoms with Gasteiger partial charge in [-0.15, -0.1) is 0 Å². The highest BCUT2D eigenvalue weighted by Crippen LogP contribution is 2.44. The lowest BCUT2D eigenvalue weighted by molar-refractivity contribution is -0.147. The molecule has 2 aromatic carbocycles. The van der Waals surface area contributed by atoms with Crippen LogP contribution in [0, 0.1) is 5.92 Å². The molecule has 1 N–H and O–H groups in total. The van der Waals surface area contributed by atoms with Crippen molar-refractivity contribution >= 4 is 12.1 Å². The molecule has 5 nitrogen and oxygen atoms in total. The molecule has 0 saturated heterocycles. The van der Waals surface area contributed by atoms with E-state index in [2.05, 4.69) is 36.5 Å². The second-order valence-electron chi connectivity index (χ2n) is 8.19. The summed E-state index contributed by atoms with van der Waals surface area (Å²) in [5, 5.41) is 2.69. The lowest BCUT2D eigenvalue weighted by Crippen LogP contribution is -2.33. The van der Waals surface area contributed by atoms with E-state index in [0.717, 1.165) is 12.8 Å². The molecule has 0 unspecified atom stereocenters. The fourth-order valence-electron chi connectivity index (χ4n) is 3.99. The number of hydrogen-bond acceptors (Lipinski definition) is 4. The molecule has 1 aliphatic rings. The third kappa shape index (κ3) is 6.09. The molecule has 0 heterocycles. The van der Waals surface area contributed by atoms with E-state index in [1.807, 2.05) is 24.3 Å². The van der Waals surface area contributed by atoms with Crippen molar-refractivity contribution in [3.05, 3.63) is 59.7 Å². The Morgan fingerprint density at radius 1 is 0.903 bits per heavy atom. The van der Waals surface area contributed by atoms with E-state index in [-0.39, 0.29) is 25.0 Å². The fourth-order valence-corrected chi connectivity index (χ4v) is 3.99. The van der Waals surface area contributed by atoms with E-state index in [1.165, 1.54) is 41.5 Å². The number of fused-ring (bicyclic) bond motifs is 3. The van der Waals surface area contributed by atoms with Crippen LogP contribution in [-0.2, 0) is 14.3 Å². The van der Waals surface area contributed by atoms with E-state index in [4.69, 9.17) is 9.47 Å². The molecule has 5 heteroatoms. The van der Waals surface area contributed by atoms with Crippen molar-refractivity contribution < 1.29 is 19.1 Å². The standard InChI is InChI=1S/C26H33NO4/c1-3-4-5-6-11-16-30-25(28)19(2)17-27-26(29)31-18-24-22-14-9-7-12-20(22)21-13-8-10-15-23(21)24/h7-10,12-15,19,24H,3-6,11,16-18H2,1-2H3,(H,27,29)/t19-/m0/s1. The van der Waals surface area contributed by atoms with Crippen molar-refractivity contribution in [3.8, 4) is 11.1 Å². The summed E-state index contributed by atoms with van der Waals surface area (Å²) in [5.41, 5.74) is 4.73. The molecular weight excluding hydrogens is 390 g/mol. The minimum absolute atomic E-state index is 0.0215. The fraction of sp³-hybridized carbons (Fsp3) is 0.462. The molecular formula is C26H33NO4. The molecule has 1 amide bonds. The van der Waals surface area contributed by atoms with Gasteiger partial charge in [0.25, 0.3) is 0 Å². The molecule has 0 spiro atoms. The zero-order chi connectivity index (χ0) is 22.1. The first kappa shape index (κ1) is 22.9. The van der Waals surface area contributed by atoms with Gasteiger partial charge in [-0.3, -0.25) is 4.79 Å². The van der Waals surface area contributed by atoms with Gasteiger partial charge in [0.15, 0.2) is 0 Å². The second-order valence-corrected chi connectivity index (χ2v) is 8.19. The molecule has 1 aliphatic carbocycles. The van der Waals surface area contributed by atoms with Crippen molar-refractivity contribution in [2.45, 2.75) is 51.9 Å². The predicted molar refractivity (Wildman–Crippen MR) is 122 cm³/mol. The quantitative estimate of drug-likeness (QED) is 0.373. The summed E-state index contributed by atoms with van der Waals surface area (Å²) in [4.78, 5) is 24.3. The van der Waals surface area contributed by atoms with Gasteiger partial charge in [0.2, 0.25) is 0 Å². The smallest absolute Gasteiger partial charge is 0.407 e. The van der Waals surface area contributed by atoms with Gasteiger partial charge in [0, 0.05) is 12.5 Å². The number of nitrogens with one attached hydrogen (secondary N) is 1. The number of rotatable bonds is 11. The summed E-state index contributed by atoms with van der Waals surface area (Å²) < 4.78 is 10.8. The highest BCUT2D eigenvalue weighted by molar-refractivity contribution is 5.79. The van der Waals surface area contributed by atoms with Gasteiger partial charge in [-0.2, -0.15) is 0 Å². The monoisotopic (exact) mass is 423 g/mol. The number of carbonyl (C=O) groups excluding carboxylic acids is 2. The van der Waals surface area contributed by atoms with E-state index in [9.17, 15) is 9.59 Å². The Bertz CT molecular complexity index is 834. The number of benzene rings is 2. The normalized spacial score (nSPS) is 13.2. The summed E-state index contributed by atoms with van der Waals surface area (Å²) in [6, 6.07) is 16.4. The van der Waals surface area contributed by atoms with Gasteiger partial charge >= 0.3 is 12.1 Å². The number of ether oxygens (including phenoxy) is 2. The maximum Gasteiger partial charge on any atom is 0.407 e. The lowest BCUT2D eigenvalue weighted by Gasteiger charge is -2.16. The maximum absolute atomic E-state index is 12.2. The van der Waals surface area contributed by atoms with E-state index >= 15 is 0 Å². The Balaban J connectivity index is 1.41. The van der Waals surface area contributed by atoms with Crippen LogP contribution in [0.2, 0.25) is 0 Å². The molecule has 0 bridgehead atoms. The molecule has 3 rings (SSSR count). The van der Waals surface area contributed by atoms with Crippen LogP contribution in [0.4, 0.5) is 4.79 Å². The number of carbonyl (C=O) groups is 2. The van der Waals surface area contributed by atoms with Crippen LogP contribution in [-0.4, -0.2) is 31.8 Å². The van der Waals surface area contributed by atoms with Crippen LogP contribution >= 0.6 is 0 Å². The van der Waals surface area contributed by atoms with Crippen molar-refractivity contribution in [2.75, 3.05) is 19.8 Å². The molecule has 0 saturated carbocycles. The Morgan fingerprint density at radius 2 is 1.52 bits per heavy atom. The third-order valence-electron chi connectivity index (χ3n) is 5.79. The highest BCUT2D eigenvalue weighted by Gasteiger charge is 2.29. The van der Waals surface area contributed by atoms with Crippen LogP contribution in [0.1, 0.15) is 63.0 Å². The number of esters is 1. The summed E-state index contributed by atoms with van der Waals surface area (Å²) in [6.45, 7) is 4.83. The molecule has 166 valence electrons. The van der Waals surface area contributed by atoms with Gasteiger partial charge in [0.05, 0.1) is 12.5 Å². The van der Waals surface area contributed by atoms with Crippen LogP contribution in [0.25, 0.3) is 11.1 Å². The van der Waals surface area contributed by atoms with Crippen LogP contribution in [0.5, 0.6) is 0 Å². The van der Waals surface area contributed by atoms with Crippen molar-refractivity contribution in [3.63, 3.8) is 0 Å². The Morgan fingerprint density at radius 3 is 2.16 bits per heavy atom. The predicted octanol–water partition coefficient (Wildman–Crippen LogP) is 5.67. The molecule has 0 aliphatic heterocycles. The first-order valence-corrected chi connectivity index (χ1v) is 11.4. The average molecular weight is 424 g/mol. The first-order valence-electron chi connectivity index (χ1n) is 11.4. The van der Waals surface area contributed by atoms with Crippen LogP contribution < -0.4 is 5.32 Å². The molecule has 0 radical (unpaired) electrons. The van der Waals surface area contributed by atoms with Gasteiger partial charge in [-0.05, 0) is 28.7 Å². The van der Waals surface area contributed by atoms with E-state index < -0.39 is 12.0 Å². The van der Waals surface area contributed by atoms with Crippen molar-refractivity contribution in [2.24, 2.45) is 5.92 Å². The van der Waals surface area contributed by atoms with Gasteiger partial charge in [-0.25, -0.2) is 4.79 Å². The lowest BCUT2D eigenvalue weighted by atomic mass is 9.98. The molecule has 31 heavy (non-hydrogen) atoms. The highest BCUT2D eigenvalue weighted by atomic mass is 16.5. The second kappa shape index (κ2) is 11.5. The number of hydrogen-bond donors (Lipinski definition) is 1. The molecule has 0 fully saturated rings. The van der Waals surface area contributed by atoms with Gasteiger partial charge in [0.1, 0.15) is 6.61 Å². The van der Waals surface area contributed by atoms with E-state index in [1.54, 1.807) is 6.92 Å². The summed E-state index contributed by atoms with van der Waals surface area (Å²) >= 11 is 0. The SMILES string of the molecule is CCCCCCCOC(=O)[C@@H](C)CNC(=O)OCC1c2ccccc2-c2ccccc21. The minimum atomic E-state index is -0.513. The number of unbranched alkanes of at least 4 members (excludes halogenated alkanes) is 4. The van der Waals surface area contributed by atoms with Gasteiger partial charge in [-0.1, -0.05) is 88.1 Å². The Hall–Kier alpha value is -2.82. The summed E-state index contributed by atoms with van der Waals surface area (Å²) in [5.74, 6) is -0.668. The first-order chi connectivity index (χ1) is 15.1. The number of amides is 1. The minimum Gasteiger partial charge on any atom is -0.465 e. The summed E-state index contributed by atoms with van der Waals surface area (Å²) in [7, 11) is 0. The van der Waals surface area contributed by atoms with Crippen LogP contribution in [0.3, 0.4) is 0 Å². The maximum atomic E-state index is 12.2. The Kier molecular flexibility index (Phi) is 8.51. The Labute approximate surface area is 185 Å². The molecule has 2 aromatic rings. The zero-order valence-electron chi connectivity index (χ0n) is 18.6. The molecule has 1 atom stereocenters. The van der Waals surface area contributed by atoms with Crippen molar-refractivity contribution in [1.82, 2.24) is 5.32 Å². The largest absolute Gasteiger partial charge is 0.465 e. The molecule has 0 aromatic heterocycles. The average Bonchev–Trinajstić information content (AvgIpc) is 3.12. The van der Waals surface area contributed by atoms with Crippen LogP contribution in [0.15, 0.2) is 48.5 Å². The van der Waals surface area contributed by atoms with Crippen molar-refractivity contribution in [1.29, 1.82) is 0 Å².